The van der Waals surface area contributed by atoms with E-state index in [0.29, 0.717) is 24.1 Å². The van der Waals surface area contributed by atoms with Gasteiger partial charge in [0, 0.05) is 6.04 Å². The first-order chi connectivity index (χ1) is 11.8. The zero-order valence-electron chi connectivity index (χ0n) is 15.5. The maximum absolute atomic E-state index is 12.3. The van der Waals surface area contributed by atoms with Gasteiger partial charge < -0.3 is 15.0 Å². The van der Waals surface area contributed by atoms with Crippen molar-refractivity contribution in [3.05, 3.63) is 11.6 Å². The number of fused-ring (bicyclic) bond motifs is 1. The lowest BCUT2D eigenvalue weighted by Gasteiger charge is -2.33. The van der Waals surface area contributed by atoms with Gasteiger partial charge in [-0.1, -0.05) is 26.7 Å². The van der Waals surface area contributed by atoms with Crippen molar-refractivity contribution in [2.24, 2.45) is 5.92 Å². The highest BCUT2D eigenvalue weighted by molar-refractivity contribution is 5.80. The minimum absolute atomic E-state index is 0.0530. The number of amides is 1. The fourth-order valence-electron chi connectivity index (χ4n) is 3.17. The lowest BCUT2D eigenvalue weighted by Crippen LogP contribution is -2.52. The fraction of sp³-hybridized carbons (Fsp3) is 0.765. The molecule has 0 fully saturated rings. The fourth-order valence-corrected chi connectivity index (χ4v) is 3.17. The van der Waals surface area contributed by atoms with Gasteiger partial charge in [-0.25, -0.2) is 0 Å². The first kappa shape index (κ1) is 19.4. The minimum atomic E-state index is -0.934. The summed E-state index contributed by atoms with van der Waals surface area (Å²) in [6, 6.07) is -0.658. The number of aliphatic carboxylic acids is 1. The molecule has 0 saturated heterocycles. The van der Waals surface area contributed by atoms with Crippen molar-refractivity contribution in [3.63, 3.8) is 0 Å². The number of rotatable bonds is 8. The van der Waals surface area contributed by atoms with Gasteiger partial charge >= 0.3 is 5.97 Å². The van der Waals surface area contributed by atoms with Crippen molar-refractivity contribution in [1.82, 2.24) is 25.0 Å². The van der Waals surface area contributed by atoms with E-state index in [4.69, 9.17) is 0 Å². The number of carbonyl (C=O) groups excluding carboxylic acids is 1. The standard InChI is InChI=1S/C17H29N5O3/c1-11(2)6-5-7-12(3)18-16(23)10-21-9-15-20-19-13(4)22(15)8-14(21)17(24)25/h11-12,14H,5-10H2,1-4H3,(H,18,23)(H,24,25). The molecule has 2 atom stereocenters. The van der Waals surface area contributed by atoms with E-state index in [2.05, 4.69) is 29.4 Å². The van der Waals surface area contributed by atoms with E-state index in [1.165, 1.54) is 0 Å². The molecule has 2 N–H and O–H groups in total. The molecule has 0 spiro atoms. The van der Waals surface area contributed by atoms with Crippen molar-refractivity contribution < 1.29 is 14.7 Å². The van der Waals surface area contributed by atoms with Gasteiger partial charge in [0.15, 0.2) is 0 Å². The molecule has 2 heterocycles. The van der Waals surface area contributed by atoms with Crippen molar-refractivity contribution in [2.45, 2.75) is 72.1 Å². The van der Waals surface area contributed by atoms with Crippen LogP contribution in [0.5, 0.6) is 0 Å². The monoisotopic (exact) mass is 351 g/mol. The molecule has 0 aliphatic carbocycles. The van der Waals surface area contributed by atoms with E-state index >= 15 is 0 Å². The number of aromatic nitrogens is 3. The predicted octanol–water partition coefficient (Wildman–Crippen LogP) is 1.19. The van der Waals surface area contributed by atoms with E-state index in [1.807, 2.05) is 11.5 Å². The van der Waals surface area contributed by atoms with Crippen LogP contribution in [0.15, 0.2) is 0 Å². The Balaban J connectivity index is 1.91. The lowest BCUT2D eigenvalue weighted by molar-refractivity contribution is -0.145. The number of carboxylic acid groups (broad SMARTS) is 1. The summed E-state index contributed by atoms with van der Waals surface area (Å²) >= 11 is 0. The van der Waals surface area contributed by atoms with Crippen molar-refractivity contribution in [3.8, 4) is 0 Å². The summed E-state index contributed by atoms with van der Waals surface area (Å²) < 4.78 is 1.81. The maximum Gasteiger partial charge on any atom is 0.322 e. The molecule has 25 heavy (non-hydrogen) atoms. The van der Waals surface area contributed by atoms with Gasteiger partial charge in [-0.2, -0.15) is 0 Å². The first-order valence-electron chi connectivity index (χ1n) is 8.92. The number of carboxylic acids is 1. The van der Waals surface area contributed by atoms with Crippen LogP contribution in [-0.4, -0.2) is 55.3 Å². The van der Waals surface area contributed by atoms with Gasteiger partial charge in [-0.05, 0) is 26.2 Å². The third-order valence-electron chi connectivity index (χ3n) is 4.61. The number of hydrogen-bond donors (Lipinski definition) is 2. The molecule has 1 aliphatic rings. The van der Waals surface area contributed by atoms with Crippen LogP contribution in [0, 0.1) is 12.8 Å². The first-order valence-corrected chi connectivity index (χ1v) is 8.92. The summed E-state index contributed by atoms with van der Waals surface area (Å²) in [5.41, 5.74) is 0. The van der Waals surface area contributed by atoms with E-state index in [-0.39, 0.29) is 25.0 Å². The number of nitrogens with zero attached hydrogens (tertiary/aromatic N) is 4. The van der Waals surface area contributed by atoms with Gasteiger partial charge in [0.25, 0.3) is 0 Å². The third-order valence-corrected chi connectivity index (χ3v) is 4.61. The van der Waals surface area contributed by atoms with Gasteiger partial charge in [0.1, 0.15) is 17.7 Å². The second-order valence-electron chi connectivity index (χ2n) is 7.33. The molecular weight excluding hydrogens is 322 g/mol. The van der Waals surface area contributed by atoms with Crippen LogP contribution in [0.4, 0.5) is 0 Å². The highest BCUT2D eigenvalue weighted by atomic mass is 16.4. The molecule has 0 radical (unpaired) electrons. The Morgan fingerprint density at radius 2 is 2.00 bits per heavy atom. The summed E-state index contributed by atoms with van der Waals surface area (Å²) in [5, 5.41) is 20.5. The second-order valence-corrected chi connectivity index (χ2v) is 7.33. The Morgan fingerprint density at radius 1 is 1.28 bits per heavy atom. The summed E-state index contributed by atoms with van der Waals surface area (Å²) in [6.07, 6.45) is 3.14. The van der Waals surface area contributed by atoms with Crippen LogP contribution in [0.2, 0.25) is 0 Å². The Labute approximate surface area is 148 Å². The SMILES string of the molecule is Cc1nnc2n1CC(C(=O)O)N(CC(=O)NC(C)CCCC(C)C)C2. The normalized spacial score (nSPS) is 18.8. The zero-order valence-corrected chi connectivity index (χ0v) is 15.5. The van der Waals surface area contributed by atoms with Crippen molar-refractivity contribution in [1.29, 1.82) is 0 Å². The topological polar surface area (TPSA) is 100 Å². The molecule has 1 amide bonds. The van der Waals surface area contributed by atoms with Gasteiger partial charge in [0.05, 0.1) is 19.6 Å². The van der Waals surface area contributed by atoms with E-state index in [1.54, 1.807) is 11.8 Å². The summed E-state index contributed by atoms with van der Waals surface area (Å²) in [6.45, 7) is 8.79. The molecule has 2 rings (SSSR count). The summed E-state index contributed by atoms with van der Waals surface area (Å²) in [5.74, 6) is 0.981. The molecule has 1 aromatic rings. The molecule has 1 aliphatic heterocycles. The number of carbonyl (C=O) groups is 2. The maximum atomic E-state index is 12.3. The van der Waals surface area contributed by atoms with E-state index in [0.717, 1.165) is 19.3 Å². The number of nitrogens with one attached hydrogen (secondary N) is 1. The van der Waals surface area contributed by atoms with Crippen LogP contribution < -0.4 is 5.32 Å². The van der Waals surface area contributed by atoms with Crippen LogP contribution in [-0.2, 0) is 22.7 Å². The van der Waals surface area contributed by atoms with Gasteiger partial charge in [-0.3, -0.25) is 14.5 Å². The Morgan fingerprint density at radius 3 is 2.64 bits per heavy atom. The van der Waals surface area contributed by atoms with Crippen LogP contribution in [0.3, 0.4) is 0 Å². The number of aryl methyl sites for hydroxylation is 1. The molecule has 8 heteroatoms. The molecular formula is C17H29N5O3. The quantitative estimate of drug-likeness (QED) is 0.730. The molecule has 0 aromatic carbocycles. The Hall–Kier alpha value is -1.96. The minimum Gasteiger partial charge on any atom is -0.480 e. The van der Waals surface area contributed by atoms with E-state index in [9.17, 15) is 14.7 Å². The average Bonchev–Trinajstić information content (AvgIpc) is 2.86. The Kier molecular flexibility index (Phi) is 6.52. The van der Waals surface area contributed by atoms with Gasteiger partial charge in [0.2, 0.25) is 5.91 Å². The van der Waals surface area contributed by atoms with Gasteiger partial charge in [-0.15, -0.1) is 10.2 Å². The van der Waals surface area contributed by atoms with Crippen LogP contribution in [0.1, 0.15) is 51.7 Å². The largest absolute Gasteiger partial charge is 0.480 e. The third kappa shape index (κ3) is 5.26. The zero-order chi connectivity index (χ0) is 18.6. The molecule has 0 saturated carbocycles. The molecule has 1 aromatic heterocycles. The average molecular weight is 351 g/mol. The van der Waals surface area contributed by atoms with Crippen LogP contribution in [0.25, 0.3) is 0 Å². The molecule has 140 valence electrons. The van der Waals surface area contributed by atoms with E-state index < -0.39 is 12.0 Å². The van der Waals surface area contributed by atoms with Crippen molar-refractivity contribution >= 4 is 11.9 Å². The summed E-state index contributed by atoms with van der Waals surface area (Å²) in [4.78, 5) is 25.6. The van der Waals surface area contributed by atoms with Crippen LogP contribution >= 0.6 is 0 Å². The predicted molar refractivity (Wildman–Crippen MR) is 92.9 cm³/mol. The Bertz CT molecular complexity index is 613. The highest BCUT2D eigenvalue weighted by Crippen LogP contribution is 2.17. The number of hydrogen-bond acceptors (Lipinski definition) is 5. The molecule has 2 unspecified atom stereocenters. The molecule has 0 bridgehead atoms. The highest BCUT2D eigenvalue weighted by Gasteiger charge is 2.34. The smallest absolute Gasteiger partial charge is 0.322 e. The second kappa shape index (κ2) is 8.42. The molecule has 8 nitrogen and oxygen atoms in total. The van der Waals surface area contributed by atoms with Crippen molar-refractivity contribution in [2.75, 3.05) is 6.54 Å². The summed E-state index contributed by atoms with van der Waals surface area (Å²) in [7, 11) is 0. The lowest BCUT2D eigenvalue weighted by atomic mass is 10.0.